The molecule has 0 saturated carbocycles. The predicted molar refractivity (Wildman–Crippen MR) is 83.5 cm³/mol. The molecule has 0 spiro atoms. The highest BCUT2D eigenvalue weighted by atomic mass is 32.2. The minimum absolute atomic E-state index is 0.0537. The second-order valence-electron chi connectivity index (χ2n) is 5.97. The molecule has 1 saturated heterocycles. The molecule has 6 heteroatoms. The number of rotatable bonds is 5. The summed E-state index contributed by atoms with van der Waals surface area (Å²) >= 11 is 3.17. The lowest BCUT2D eigenvalue weighted by Crippen LogP contribution is -2.32. The molecule has 4 nitrogen and oxygen atoms in total. The van der Waals surface area contributed by atoms with Gasteiger partial charge in [0.15, 0.2) is 4.34 Å². The van der Waals surface area contributed by atoms with Crippen molar-refractivity contribution in [3.05, 3.63) is 11.1 Å². The molecule has 1 aliphatic heterocycles. The van der Waals surface area contributed by atoms with E-state index in [1.54, 1.807) is 11.3 Å². The van der Waals surface area contributed by atoms with Crippen LogP contribution in [0.1, 0.15) is 38.5 Å². The van der Waals surface area contributed by atoms with Crippen molar-refractivity contribution < 1.29 is 9.53 Å². The van der Waals surface area contributed by atoms with Crippen molar-refractivity contribution in [2.75, 3.05) is 18.9 Å². The summed E-state index contributed by atoms with van der Waals surface area (Å²) in [6, 6.07) is 0. The van der Waals surface area contributed by atoms with Crippen LogP contribution in [0.4, 0.5) is 0 Å². The van der Waals surface area contributed by atoms with E-state index in [1.165, 1.54) is 16.6 Å². The minimum Gasteiger partial charge on any atom is -0.376 e. The topological polar surface area (TPSA) is 51.2 Å². The Bertz CT molecular complexity index is 448. The summed E-state index contributed by atoms with van der Waals surface area (Å²) in [5.74, 6) is 0.474. The Kier molecular flexibility index (Phi) is 5.46. The Morgan fingerprint density at radius 3 is 3.00 bits per heavy atom. The number of thiazole rings is 1. The van der Waals surface area contributed by atoms with Crippen LogP contribution in [0.3, 0.4) is 0 Å². The van der Waals surface area contributed by atoms with Crippen molar-refractivity contribution in [2.24, 2.45) is 0 Å². The standard InChI is InChI=1S/C14H22N2O2S2/c1-14(2,3)11-8-16-13(20-11)19-9-12(17)15-7-10-5-4-6-18-10/h8,10H,4-7,9H2,1-3H3,(H,15,17)/t10-/m1/s1. The van der Waals surface area contributed by atoms with Crippen molar-refractivity contribution in [3.63, 3.8) is 0 Å². The number of amides is 1. The van der Waals surface area contributed by atoms with Crippen molar-refractivity contribution in [3.8, 4) is 0 Å². The van der Waals surface area contributed by atoms with E-state index in [1.807, 2.05) is 6.20 Å². The van der Waals surface area contributed by atoms with Gasteiger partial charge in [0.05, 0.1) is 11.9 Å². The molecular weight excluding hydrogens is 292 g/mol. The van der Waals surface area contributed by atoms with Gasteiger partial charge in [0.2, 0.25) is 5.91 Å². The third kappa shape index (κ3) is 4.75. The van der Waals surface area contributed by atoms with Gasteiger partial charge >= 0.3 is 0 Å². The van der Waals surface area contributed by atoms with Crippen molar-refractivity contribution in [1.82, 2.24) is 10.3 Å². The van der Waals surface area contributed by atoms with E-state index in [2.05, 4.69) is 31.1 Å². The molecule has 112 valence electrons. The molecule has 1 aliphatic rings. The van der Waals surface area contributed by atoms with Crippen LogP contribution in [0.5, 0.6) is 0 Å². The molecule has 1 aromatic heterocycles. The largest absolute Gasteiger partial charge is 0.376 e. The van der Waals surface area contributed by atoms with Crippen LogP contribution in [0.2, 0.25) is 0 Å². The lowest BCUT2D eigenvalue weighted by atomic mass is 9.96. The molecule has 1 N–H and O–H groups in total. The van der Waals surface area contributed by atoms with Gasteiger partial charge in [-0.3, -0.25) is 4.79 Å². The number of hydrogen-bond acceptors (Lipinski definition) is 5. The average molecular weight is 314 g/mol. The average Bonchev–Trinajstić information content (AvgIpc) is 3.04. The highest BCUT2D eigenvalue weighted by Crippen LogP contribution is 2.32. The van der Waals surface area contributed by atoms with Gasteiger partial charge in [-0.15, -0.1) is 11.3 Å². The number of thioether (sulfide) groups is 1. The highest BCUT2D eigenvalue weighted by molar-refractivity contribution is 8.01. The van der Waals surface area contributed by atoms with Crippen LogP contribution in [0, 0.1) is 0 Å². The van der Waals surface area contributed by atoms with Crippen LogP contribution in [-0.4, -0.2) is 35.9 Å². The summed E-state index contributed by atoms with van der Waals surface area (Å²) in [5.41, 5.74) is 0.124. The zero-order valence-corrected chi connectivity index (χ0v) is 13.9. The first kappa shape index (κ1) is 15.8. The van der Waals surface area contributed by atoms with Crippen LogP contribution < -0.4 is 5.32 Å². The van der Waals surface area contributed by atoms with Crippen molar-refractivity contribution >= 4 is 29.0 Å². The van der Waals surface area contributed by atoms with E-state index in [9.17, 15) is 4.79 Å². The first-order valence-corrected chi connectivity index (χ1v) is 8.73. The first-order chi connectivity index (χ1) is 9.45. The lowest BCUT2D eigenvalue weighted by Gasteiger charge is -2.14. The van der Waals surface area contributed by atoms with Gasteiger partial charge in [0.1, 0.15) is 0 Å². The lowest BCUT2D eigenvalue weighted by molar-refractivity contribution is -0.119. The molecule has 0 unspecified atom stereocenters. The monoisotopic (exact) mass is 314 g/mol. The maximum Gasteiger partial charge on any atom is 0.230 e. The summed E-state index contributed by atoms with van der Waals surface area (Å²) in [7, 11) is 0. The second kappa shape index (κ2) is 6.91. The number of nitrogens with zero attached hydrogens (tertiary/aromatic N) is 1. The van der Waals surface area contributed by atoms with Gasteiger partial charge in [-0.2, -0.15) is 0 Å². The molecule has 1 fully saturated rings. The summed E-state index contributed by atoms with van der Waals surface area (Å²) in [6.45, 7) is 7.96. The molecule has 2 heterocycles. The number of carbonyl (C=O) groups excluding carboxylic acids is 1. The fourth-order valence-electron chi connectivity index (χ4n) is 1.88. The quantitative estimate of drug-likeness (QED) is 0.849. The van der Waals surface area contributed by atoms with E-state index >= 15 is 0 Å². The highest BCUT2D eigenvalue weighted by Gasteiger charge is 2.18. The molecule has 20 heavy (non-hydrogen) atoms. The van der Waals surface area contributed by atoms with Crippen LogP contribution in [-0.2, 0) is 14.9 Å². The van der Waals surface area contributed by atoms with Crippen molar-refractivity contribution in [1.29, 1.82) is 0 Å². The minimum atomic E-state index is 0.0537. The van der Waals surface area contributed by atoms with E-state index in [4.69, 9.17) is 4.74 Å². The molecule has 0 aliphatic carbocycles. The fourth-order valence-corrected chi connectivity index (χ4v) is 3.75. The molecule has 1 aromatic rings. The van der Waals surface area contributed by atoms with E-state index in [0.29, 0.717) is 12.3 Å². The van der Waals surface area contributed by atoms with Gasteiger partial charge in [-0.05, 0) is 18.3 Å². The second-order valence-corrected chi connectivity index (χ2v) is 8.22. The number of carbonyl (C=O) groups is 1. The number of hydrogen-bond donors (Lipinski definition) is 1. The third-order valence-electron chi connectivity index (χ3n) is 3.10. The molecule has 0 aromatic carbocycles. The molecule has 1 atom stereocenters. The Labute approximate surface area is 128 Å². The van der Waals surface area contributed by atoms with Crippen LogP contribution in [0.15, 0.2) is 10.5 Å². The van der Waals surface area contributed by atoms with Gasteiger partial charge < -0.3 is 10.1 Å². The predicted octanol–water partition coefficient (Wildman–Crippen LogP) is 2.83. The summed E-state index contributed by atoms with van der Waals surface area (Å²) in [4.78, 5) is 17.4. The SMILES string of the molecule is CC(C)(C)c1cnc(SCC(=O)NC[C@H]2CCCO2)s1. The van der Waals surface area contributed by atoms with Crippen LogP contribution in [0.25, 0.3) is 0 Å². The van der Waals surface area contributed by atoms with E-state index < -0.39 is 0 Å². The maximum atomic E-state index is 11.8. The Morgan fingerprint density at radius 1 is 1.60 bits per heavy atom. The van der Waals surface area contributed by atoms with Crippen molar-refractivity contribution in [2.45, 2.75) is 49.5 Å². The number of aromatic nitrogens is 1. The Balaban J connectivity index is 1.71. The fraction of sp³-hybridized carbons (Fsp3) is 0.714. The number of nitrogens with one attached hydrogen (secondary N) is 1. The summed E-state index contributed by atoms with van der Waals surface area (Å²) in [5, 5.41) is 2.92. The van der Waals surface area contributed by atoms with E-state index in [0.717, 1.165) is 23.8 Å². The number of ether oxygens (including phenoxy) is 1. The third-order valence-corrected chi connectivity index (χ3v) is 5.68. The Hall–Kier alpha value is -0.590. The zero-order valence-electron chi connectivity index (χ0n) is 12.3. The Morgan fingerprint density at radius 2 is 2.40 bits per heavy atom. The molecule has 2 rings (SSSR count). The molecule has 1 amide bonds. The molecular formula is C14H22N2O2S2. The first-order valence-electron chi connectivity index (χ1n) is 6.92. The normalized spacial score (nSPS) is 19.2. The van der Waals surface area contributed by atoms with Gasteiger partial charge in [-0.1, -0.05) is 32.5 Å². The molecule has 0 bridgehead atoms. The zero-order chi connectivity index (χ0) is 14.6. The van der Waals surface area contributed by atoms with Gasteiger partial charge in [-0.25, -0.2) is 4.98 Å². The van der Waals surface area contributed by atoms with Gasteiger partial charge in [0, 0.05) is 24.2 Å². The maximum absolute atomic E-state index is 11.8. The summed E-state index contributed by atoms with van der Waals surface area (Å²) in [6.07, 6.45) is 4.27. The van der Waals surface area contributed by atoms with E-state index in [-0.39, 0.29) is 17.4 Å². The van der Waals surface area contributed by atoms with Crippen LogP contribution >= 0.6 is 23.1 Å². The smallest absolute Gasteiger partial charge is 0.230 e. The molecule has 0 radical (unpaired) electrons. The summed E-state index contributed by atoms with van der Waals surface area (Å²) < 4.78 is 6.44. The van der Waals surface area contributed by atoms with Gasteiger partial charge in [0.25, 0.3) is 0 Å².